The predicted molar refractivity (Wildman–Crippen MR) is 119 cm³/mol. The summed E-state index contributed by atoms with van der Waals surface area (Å²) in [5.74, 6) is 1.07. The summed E-state index contributed by atoms with van der Waals surface area (Å²) in [6.45, 7) is 0. The molecule has 0 radical (unpaired) electrons. The molecule has 31 heavy (non-hydrogen) atoms. The van der Waals surface area contributed by atoms with Crippen LogP contribution >= 0.6 is 0 Å². The van der Waals surface area contributed by atoms with Gasteiger partial charge in [0.25, 0.3) is 0 Å². The largest absolute Gasteiger partial charge is 0.468 e. The highest BCUT2D eigenvalue weighted by atomic mass is 16.5. The Morgan fingerprint density at radius 3 is 1.81 bits per heavy atom. The second-order valence-electron chi connectivity index (χ2n) is 8.71. The van der Waals surface area contributed by atoms with Gasteiger partial charge in [0.2, 0.25) is 5.91 Å². The number of ether oxygens (including phenoxy) is 2. The van der Waals surface area contributed by atoms with Gasteiger partial charge < -0.3 is 14.4 Å². The molecule has 0 aliphatic heterocycles. The lowest BCUT2D eigenvalue weighted by molar-refractivity contribution is -0.168. The van der Waals surface area contributed by atoms with Crippen molar-refractivity contribution in [3.63, 3.8) is 0 Å². The Kier molecular flexibility index (Phi) is 10.1. The molecule has 6 heteroatoms. The van der Waals surface area contributed by atoms with Gasteiger partial charge >= 0.3 is 11.9 Å². The Morgan fingerprint density at radius 1 is 0.903 bits per heavy atom. The molecule has 0 unspecified atom stereocenters. The normalized spacial score (nSPS) is 18.4. The van der Waals surface area contributed by atoms with E-state index >= 15 is 0 Å². The van der Waals surface area contributed by atoms with Crippen molar-refractivity contribution < 1.29 is 23.9 Å². The van der Waals surface area contributed by atoms with Crippen LogP contribution in [-0.4, -0.2) is 49.0 Å². The number of nitrogens with zero attached hydrogens (tertiary/aromatic N) is 1. The number of esters is 2. The third-order valence-electron chi connectivity index (χ3n) is 6.71. The predicted octanol–water partition coefficient (Wildman–Crippen LogP) is 4.17. The smallest absolute Gasteiger partial charge is 0.324 e. The molecule has 2 aliphatic carbocycles. The molecule has 172 valence electrons. The lowest BCUT2D eigenvalue weighted by atomic mass is 9.81. The van der Waals surface area contributed by atoms with Crippen molar-refractivity contribution in [2.45, 2.75) is 95.6 Å². The minimum absolute atomic E-state index is 0.0384. The molecule has 2 saturated carbocycles. The molecule has 0 bridgehead atoms. The highest BCUT2D eigenvalue weighted by molar-refractivity contribution is 6.00. The van der Waals surface area contributed by atoms with Crippen molar-refractivity contribution in [1.29, 1.82) is 0 Å². The van der Waals surface area contributed by atoms with Crippen LogP contribution in [0.15, 0.2) is 12.2 Å². The van der Waals surface area contributed by atoms with Crippen LogP contribution in [-0.2, 0) is 23.9 Å². The summed E-state index contributed by atoms with van der Waals surface area (Å²) in [6, 6.07) is 0.673. The number of methoxy groups -OCH3 is 2. The van der Waals surface area contributed by atoms with Gasteiger partial charge in [-0.3, -0.25) is 14.4 Å². The zero-order valence-corrected chi connectivity index (χ0v) is 19.1. The van der Waals surface area contributed by atoms with Gasteiger partial charge in [-0.25, -0.2) is 0 Å². The molecule has 0 aromatic rings. The van der Waals surface area contributed by atoms with Crippen LogP contribution in [0.25, 0.3) is 0 Å². The third-order valence-corrected chi connectivity index (χ3v) is 6.71. The number of carbonyl (C=O) groups excluding carboxylic acids is 3. The van der Waals surface area contributed by atoms with Crippen molar-refractivity contribution in [1.82, 2.24) is 4.90 Å². The van der Waals surface area contributed by atoms with Crippen molar-refractivity contribution >= 4 is 17.8 Å². The summed E-state index contributed by atoms with van der Waals surface area (Å²) in [4.78, 5) is 40.1. The first-order valence-electron chi connectivity index (χ1n) is 11.6. The monoisotopic (exact) mass is 431 g/mol. The van der Waals surface area contributed by atoms with E-state index in [1.807, 2.05) is 0 Å². The number of amides is 1. The Balaban J connectivity index is 2.09. The van der Waals surface area contributed by atoms with E-state index in [-0.39, 0.29) is 25.2 Å². The van der Waals surface area contributed by atoms with Crippen molar-refractivity contribution in [2.24, 2.45) is 5.41 Å². The van der Waals surface area contributed by atoms with Gasteiger partial charge in [0.15, 0.2) is 5.41 Å². The van der Waals surface area contributed by atoms with Crippen LogP contribution in [0.4, 0.5) is 0 Å². The Morgan fingerprint density at radius 2 is 1.39 bits per heavy atom. The average molecular weight is 432 g/mol. The van der Waals surface area contributed by atoms with Gasteiger partial charge in [-0.05, 0) is 32.1 Å². The molecule has 0 saturated heterocycles. The molecule has 0 aromatic heterocycles. The number of hydrogen-bond acceptors (Lipinski definition) is 5. The minimum Gasteiger partial charge on any atom is -0.468 e. The SMILES string of the molecule is C#CCC(C/C=C/CC(=O)N(C1CCCCC1)C1CCCCC1)(C(=O)OC)C(=O)OC. The van der Waals surface area contributed by atoms with Crippen LogP contribution in [0.1, 0.15) is 83.5 Å². The molecule has 0 aromatic carbocycles. The lowest BCUT2D eigenvalue weighted by Crippen LogP contribution is -2.48. The first-order chi connectivity index (χ1) is 15.0. The lowest BCUT2D eigenvalue weighted by Gasteiger charge is -2.41. The van der Waals surface area contributed by atoms with Crippen LogP contribution in [0.3, 0.4) is 0 Å². The fraction of sp³-hybridized carbons (Fsp3) is 0.720. The van der Waals surface area contributed by atoms with E-state index in [9.17, 15) is 14.4 Å². The van der Waals surface area contributed by atoms with Gasteiger partial charge in [-0.1, -0.05) is 50.7 Å². The average Bonchev–Trinajstić information content (AvgIpc) is 2.81. The number of carbonyl (C=O) groups is 3. The number of rotatable bonds is 9. The highest BCUT2D eigenvalue weighted by Gasteiger charge is 2.47. The minimum atomic E-state index is -1.58. The number of allylic oxidation sites excluding steroid dienone is 1. The van der Waals surface area contributed by atoms with E-state index in [1.165, 1.54) is 52.7 Å². The quantitative estimate of drug-likeness (QED) is 0.237. The summed E-state index contributed by atoms with van der Waals surface area (Å²) in [5, 5.41) is 0. The molecule has 1 amide bonds. The molecule has 0 atom stereocenters. The standard InChI is InChI=1S/C25H37NO5/c1-4-18-25(23(28)30-2,24(29)31-3)19-12-11-17-22(27)26(20-13-7-5-8-14-20)21-15-9-6-10-16-21/h1,11-12,20-21H,5-10,13-19H2,2-3H3/b12-11+. The molecule has 0 N–H and O–H groups in total. The Bertz CT molecular complexity index is 647. The van der Waals surface area contributed by atoms with Gasteiger partial charge in [0.05, 0.1) is 14.2 Å². The van der Waals surface area contributed by atoms with E-state index < -0.39 is 17.4 Å². The highest BCUT2D eigenvalue weighted by Crippen LogP contribution is 2.32. The summed E-state index contributed by atoms with van der Waals surface area (Å²) in [6.07, 6.45) is 20.6. The summed E-state index contributed by atoms with van der Waals surface area (Å²) >= 11 is 0. The fourth-order valence-corrected chi connectivity index (χ4v) is 5.03. The number of terminal acetylenes is 1. The Hall–Kier alpha value is -2.29. The van der Waals surface area contributed by atoms with Crippen molar-refractivity contribution in [3.05, 3.63) is 12.2 Å². The maximum atomic E-state index is 13.2. The second-order valence-corrected chi connectivity index (χ2v) is 8.71. The van der Waals surface area contributed by atoms with Crippen molar-refractivity contribution in [2.75, 3.05) is 14.2 Å². The van der Waals surface area contributed by atoms with Crippen molar-refractivity contribution in [3.8, 4) is 12.3 Å². The van der Waals surface area contributed by atoms with E-state index in [2.05, 4.69) is 10.8 Å². The summed E-state index contributed by atoms with van der Waals surface area (Å²) in [5.41, 5.74) is -1.58. The zero-order chi connectivity index (χ0) is 22.7. The molecular formula is C25H37NO5. The molecule has 2 rings (SSSR count). The van der Waals surface area contributed by atoms with Gasteiger partial charge in [-0.2, -0.15) is 0 Å². The van der Waals surface area contributed by atoms with E-state index in [0.29, 0.717) is 12.1 Å². The molecule has 2 fully saturated rings. The fourth-order valence-electron chi connectivity index (χ4n) is 5.03. The van der Waals surface area contributed by atoms with Crippen LogP contribution in [0.2, 0.25) is 0 Å². The van der Waals surface area contributed by atoms with E-state index in [0.717, 1.165) is 25.7 Å². The van der Waals surface area contributed by atoms with E-state index in [1.54, 1.807) is 12.2 Å². The number of hydrogen-bond donors (Lipinski definition) is 0. The first kappa shape index (κ1) is 25.0. The maximum absolute atomic E-state index is 13.2. The second kappa shape index (κ2) is 12.5. The molecule has 2 aliphatic rings. The summed E-state index contributed by atoms with van der Waals surface area (Å²) in [7, 11) is 2.44. The van der Waals surface area contributed by atoms with Crippen LogP contribution in [0.5, 0.6) is 0 Å². The topological polar surface area (TPSA) is 72.9 Å². The van der Waals surface area contributed by atoms with Gasteiger partial charge in [-0.15, -0.1) is 12.3 Å². The maximum Gasteiger partial charge on any atom is 0.324 e. The molecule has 0 spiro atoms. The first-order valence-corrected chi connectivity index (χ1v) is 11.6. The molecular weight excluding hydrogens is 394 g/mol. The molecule has 0 heterocycles. The van der Waals surface area contributed by atoms with Gasteiger partial charge in [0, 0.05) is 24.9 Å². The van der Waals surface area contributed by atoms with E-state index in [4.69, 9.17) is 15.9 Å². The zero-order valence-electron chi connectivity index (χ0n) is 19.1. The van der Waals surface area contributed by atoms with Crippen LogP contribution in [0, 0.1) is 17.8 Å². The van der Waals surface area contributed by atoms with Gasteiger partial charge in [0.1, 0.15) is 0 Å². The Labute approximate surface area is 186 Å². The third kappa shape index (κ3) is 6.35. The summed E-state index contributed by atoms with van der Waals surface area (Å²) < 4.78 is 9.64. The molecule has 6 nitrogen and oxygen atoms in total. The van der Waals surface area contributed by atoms with Crippen LogP contribution < -0.4 is 0 Å².